The molecule has 0 saturated carbocycles. The van der Waals surface area contributed by atoms with E-state index in [1.165, 1.54) is 16.9 Å². The molecule has 0 aromatic carbocycles. The smallest absolute Gasteiger partial charge is 0.356 e. The van der Waals surface area contributed by atoms with Crippen LogP contribution in [0.2, 0.25) is 0 Å². The van der Waals surface area contributed by atoms with Gasteiger partial charge in [0, 0.05) is 6.20 Å². The second-order valence-electron chi connectivity index (χ2n) is 2.46. The van der Waals surface area contributed by atoms with Crippen LogP contribution in [0.1, 0.15) is 10.5 Å². The van der Waals surface area contributed by atoms with Crippen molar-refractivity contribution in [3.63, 3.8) is 0 Å². The summed E-state index contributed by atoms with van der Waals surface area (Å²) in [4.78, 5) is 18.4. The van der Waals surface area contributed by atoms with E-state index in [2.05, 4.69) is 9.97 Å². The van der Waals surface area contributed by atoms with E-state index >= 15 is 0 Å². The number of nitrogens with two attached hydrogens (primary N) is 1. The highest BCUT2D eigenvalue weighted by molar-refractivity contribution is 5.92. The molecule has 13 heavy (non-hydrogen) atoms. The van der Waals surface area contributed by atoms with Crippen molar-refractivity contribution in [2.75, 3.05) is 5.73 Å². The molecule has 0 atom stereocenters. The first-order valence-electron chi connectivity index (χ1n) is 3.51. The second-order valence-corrected chi connectivity index (χ2v) is 2.46. The van der Waals surface area contributed by atoms with Crippen LogP contribution >= 0.6 is 0 Å². The summed E-state index contributed by atoms with van der Waals surface area (Å²) < 4.78 is 1.33. The van der Waals surface area contributed by atoms with E-state index < -0.39 is 5.97 Å². The average molecular weight is 178 g/mol. The summed E-state index contributed by atoms with van der Waals surface area (Å²) in [7, 11) is 0. The van der Waals surface area contributed by atoms with Crippen LogP contribution in [0.25, 0.3) is 5.65 Å². The first-order chi connectivity index (χ1) is 6.20. The molecular weight excluding hydrogens is 172 g/mol. The van der Waals surface area contributed by atoms with Crippen LogP contribution < -0.4 is 5.73 Å². The quantitative estimate of drug-likeness (QED) is 0.641. The molecule has 6 nitrogen and oxygen atoms in total. The number of nitrogen functional groups attached to an aromatic ring is 1. The van der Waals surface area contributed by atoms with Gasteiger partial charge in [0.25, 0.3) is 0 Å². The van der Waals surface area contributed by atoms with E-state index in [1.54, 1.807) is 6.07 Å². The number of aromatic carboxylic acids is 1. The molecule has 66 valence electrons. The van der Waals surface area contributed by atoms with E-state index in [4.69, 9.17) is 10.8 Å². The lowest BCUT2D eigenvalue weighted by Crippen LogP contribution is -2.05. The SMILES string of the molecule is Nc1nc2ccncn2c1C(=O)O. The van der Waals surface area contributed by atoms with Gasteiger partial charge in [0.05, 0.1) is 0 Å². The Bertz CT molecular complexity index is 476. The molecule has 0 aliphatic heterocycles. The molecule has 0 aliphatic rings. The summed E-state index contributed by atoms with van der Waals surface area (Å²) in [5, 5.41) is 8.78. The monoisotopic (exact) mass is 178 g/mol. The van der Waals surface area contributed by atoms with Crippen molar-refractivity contribution in [1.29, 1.82) is 0 Å². The Balaban J connectivity index is 2.86. The zero-order valence-corrected chi connectivity index (χ0v) is 6.51. The van der Waals surface area contributed by atoms with Crippen LogP contribution in [0, 0.1) is 0 Å². The molecule has 2 aromatic heterocycles. The molecule has 2 heterocycles. The molecule has 6 heteroatoms. The molecule has 2 aromatic rings. The van der Waals surface area contributed by atoms with Crippen molar-refractivity contribution in [1.82, 2.24) is 14.4 Å². The van der Waals surface area contributed by atoms with Gasteiger partial charge in [-0.25, -0.2) is 14.8 Å². The minimum absolute atomic E-state index is 0.000463. The summed E-state index contributed by atoms with van der Waals surface area (Å²) in [5.41, 5.74) is 5.84. The van der Waals surface area contributed by atoms with E-state index in [9.17, 15) is 4.79 Å². The first-order valence-corrected chi connectivity index (χ1v) is 3.51. The number of aromatic nitrogens is 3. The van der Waals surface area contributed by atoms with Gasteiger partial charge in [-0.2, -0.15) is 0 Å². The highest BCUT2D eigenvalue weighted by atomic mass is 16.4. The number of carboxylic acid groups (broad SMARTS) is 1. The van der Waals surface area contributed by atoms with Crippen molar-refractivity contribution in [2.24, 2.45) is 0 Å². The van der Waals surface area contributed by atoms with Gasteiger partial charge >= 0.3 is 5.97 Å². The molecular formula is C7H6N4O2. The standard InChI is InChI=1S/C7H6N4O2/c8-6-5(7(12)13)11-3-9-2-1-4(11)10-6/h1-3H,8H2,(H,12,13). The van der Waals surface area contributed by atoms with Crippen molar-refractivity contribution < 1.29 is 9.90 Å². The number of carbonyl (C=O) groups is 1. The van der Waals surface area contributed by atoms with E-state index in [1.807, 2.05) is 0 Å². The Kier molecular flexibility index (Phi) is 1.42. The van der Waals surface area contributed by atoms with E-state index in [-0.39, 0.29) is 11.5 Å². The molecule has 2 rings (SSSR count). The molecule has 0 aliphatic carbocycles. The number of anilines is 1. The molecule has 0 radical (unpaired) electrons. The van der Waals surface area contributed by atoms with Crippen molar-refractivity contribution in [2.45, 2.75) is 0 Å². The van der Waals surface area contributed by atoms with Crippen LogP contribution in [0.15, 0.2) is 18.6 Å². The summed E-state index contributed by atoms with van der Waals surface area (Å²) in [5.74, 6) is -1.11. The van der Waals surface area contributed by atoms with Gasteiger partial charge in [0.15, 0.2) is 11.5 Å². The molecule has 0 bridgehead atoms. The predicted molar refractivity (Wildman–Crippen MR) is 44.4 cm³/mol. The minimum atomic E-state index is -1.11. The predicted octanol–water partition coefficient (Wildman–Crippen LogP) is 0.00970. The minimum Gasteiger partial charge on any atom is -0.476 e. The van der Waals surface area contributed by atoms with Gasteiger partial charge in [0.1, 0.15) is 12.0 Å². The number of hydrogen-bond acceptors (Lipinski definition) is 4. The largest absolute Gasteiger partial charge is 0.476 e. The number of fused-ring (bicyclic) bond motifs is 1. The molecule has 0 saturated heterocycles. The molecule has 0 amide bonds. The number of rotatable bonds is 1. The summed E-state index contributed by atoms with van der Waals surface area (Å²) in [6.07, 6.45) is 2.88. The Hall–Kier alpha value is -2.11. The number of nitrogens with zero attached hydrogens (tertiary/aromatic N) is 3. The number of carboxylic acids is 1. The lowest BCUT2D eigenvalue weighted by Gasteiger charge is -1.93. The molecule has 0 fully saturated rings. The third kappa shape index (κ3) is 0.994. The molecule has 3 N–H and O–H groups in total. The van der Waals surface area contributed by atoms with Gasteiger partial charge < -0.3 is 10.8 Å². The highest BCUT2D eigenvalue weighted by Crippen LogP contribution is 2.12. The number of hydrogen-bond donors (Lipinski definition) is 2. The van der Waals surface area contributed by atoms with Gasteiger partial charge in [-0.1, -0.05) is 0 Å². The van der Waals surface area contributed by atoms with Crippen molar-refractivity contribution >= 4 is 17.4 Å². The maximum Gasteiger partial charge on any atom is 0.356 e. The van der Waals surface area contributed by atoms with Gasteiger partial charge in [0.2, 0.25) is 0 Å². The topological polar surface area (TPSA) is 93.5 Å². The van der Waals surface area contributed by atoms with E-state index in [0.717, 1.165) is 0 Å². The Morgan fingerprint density at radius 1 is 1.62 bits per heavy atom. The molecule has 0 unspecified atom stereocenters. The Morgan fingerprint density at radius 2 is 2.38 bits per heavy atom. The molecule has 0 spiro atoms. The summed E-state index contributed by atoms with van der Waals surface area (Å²) in [6.45, 7) is 0. The summed E-state index contributed by atoms with van der Waals surface area (Å²) >= 11 is 0. The number of imidazole rings is 1. The van der Waals surface area contributed by atoms with Crippen molar-refractivity contribution in [3.8, 4) is 0 Å². The highest BCUT2D eigenvalue weighted by Gasteiger charge is 2.15. The van der Waals surface area contributed by atoms with Gasteiger partial charge in [-0.3, -0.25) is 4.40 Å². The zero-order valence-electron chi connectivity index (χ0n) is 6.51. The fourth-order valence-corrected chi connectivity index (χ4v) is 1.13. The van der Waals surface area contributed by atoms with Gasteiger partial charge in [-0.15, -0.1) is 0 Å². The lowest BCUT2D eigenvalue weighted by molar-refractivity contribution is 0.0690. The zero-order chi connectivity index (χ0) is 9.42. The Morgan fingerprint density at radius 3 is 3.08 bits per heavy atom. The van der Waals surface area contributed by atoms with Crippen LogP contribution in [-0.2, 0) is 0 Å². The lowest BCUT2D eigenvalue weighted by atomic mass is 10.4. The van der Waals surface area contributed by atoms with Crippen LogP contribution in [0.4, 0.5) is 5.82 Å². The summed E-state index contributed by atoms with van der Waals surface area (Å²) in [6, 6.07) is 1.59. The fraction of sp³-hybridized carbons (Fsp3) is 0. The van der Waals surface area contributed by atoms with Crippen LogP contribution in [-0.4, -0.2) is 25.4 Å². The Labute approximate surface area is 72.6 Å². The van der Waals surface area contributed by atoms with Crippen LogP contribution in [0.3, 0.4) is 0 Å². The fourth-order valence-electron chi connectivity index (χ4n) is 1.13. The van der Waals surface area contributed by atoms with Gasteiger partial charge in [-0.05, 0) is 6.07 Å². The van der Waals surface area contributed by atoms with E-state index in [0.29, 0.717) is 5.65 Å². The third-order valence-corrected chi connectivity index (χ3v) is 1.66. The maximum absolute atomic E-state index is 10.7. The average Bonchev–Trinajstić information content (AvgIpc) is 2.39. The maximum atomic E-state index is 10.7. The normalized spacial score (nSPS) is 10.5. The third-order valence-electron chi connectivity index (χ3n) is 1.66. The van der Waals surface area contributed by atoms with Crippen LogP contribution in [0.5, 0.6) is 0 Å². The van der Waals surface area contributed by atoms with Crippen molar-refractivity contribution in [3.05, 3.63) is 24.3 Å². The first kappa shape index (κ1) is 7.53. The second kappa shape index (κ2) is 2.44.